The van der Waals surface area contributed by atoms with Gasteiger partial charge >= 0.3 is 0 Å². The summed E-state index contributed by atoms with van der Waals surface area (Å²) in [6.45, 7) is 3.33. The fourth-order valence-corrected chi connectivity index (χ4v) is 5.54. The number of carbonyl (C=O) groups excluding carboxylic acids is 1. The highest BCUT2D eigenvalue weighted by atomic mass is 35.5. The first kappa shape index (κ1) is 16.0. The van der Waals surface area contributed by atoms with Gasteiger partial charge in [-0.25, -0.2) is 0 Å². The molecule has 1 N–H and O–H groups in total. The summed E-state index contributed by atoms with van der Waals surface area (Å²) in [5, 5.41) is 3.93. The molecular weight excluding hydrogens is 336 g/mol. The van der Waals surface area contributed by atoms with E-state index in [9.17, 15) is 4.79 Å². The van der Waals surface area contributed by atoms with Gasteiger partial charge in [-0.3, -0.25) is 4.79 Å². The molecule has 1 saturated carbocycles. The number of piperidine rings is 3. The van der Waals surface area contributed by atoms with Crippen LogP contribution in [0.1, 0.15) is 60.4 Å². The number of ether oxygens (including phenoxy) is 1. The number of benzene rings is 1. The molecule has 1 aromatic rings. The Morgan fingerprint density at radius 1 is 1.16 bits per heavy atom. The number of rotatable bonds is 2. The van der Waals surface area contributed by atoms with E-state index in [2.05, 4.69) is 10.2 Å². The highest BCUT2D eigenvalue weighted by molar-refractivity contribution is 6.31. The minimum Gasteiger partial charge on any atom is -0.489 e. The second kappa shape index (κ2) is 6.17. The quantitative estimate of drug-likeness (QED) is 0.876. The van der Waals surface area contributed by atoms with Gasteiger partial charge in [-0.2, -0.15) is 0 Å². The molecule has 3 atom stereocenters. The van der Waals surface area contributed by atoms with Gasteiger partial charge in [-0.15, -0.1) is 0 Å². The van der Waals surface area contributed by atoms with Crippen LogP contribution in [-0.4, -0.2) is 42.6 Å². The minimum atomic E-state index is -0.0175. The number of amides is 1. The second-order valence-corrected chi connectivity index (χ2v) is 8.57. The fourth-order valence-electron chi connectivity index (χ4n) is 5.31. The van der Waals surface area contributed by atoms with Gasteiger partial charge in [-0.1, -0.05) is 18.0 Å². The molecule has 0 unspecified atom stereocenters. The van der Waals surface area contributed by atoms with Crippen molar-refractivity contribution in [2.24, 2.45) is 5.92 Å². The van der Waals surface area contributed by atoms with Crippen LogP contribution in [0.25, 0.3) is 0 Å². The fraction of sp³-hybridized carbons (Fsp3) is 0.650. The number of nitrogens with zero attached hydrogens (tertiary/aromatic N) is 1. The largest absolute Gasteiger partial charge is 0.489 e. The van der Waals surface area contributed by atoms with Crippen LogP contribution in [0.4, 0.5) is 0 Å². The van der Waals surface area contributed by atoms with Crippen LogP contribution in [0.3, 0.4) is 0 Å². The maximum atomic E-state index is 13.0. The van der Waals surface area contributed by atoms with Crippen molar-refractivity contribution in [1.82, 2.24) is 10.2 Å². The van der Waals surface area contributed by atoms with Crippen molar-refractivity contribution >= 4 is 17.5 Å². The number of fused-ring (bicyclic) bond motifs is 6. The second-order valence-electron chi connectivity index (χ2n) is 8.14. The summed E-state index contributed by atoms with van der Waals surface area (Å²) in [5.74, 6) is 1.80. The zero-order valence-corrected chi connectivity index (χ0v) is 15.2. The van der Waals surface area contributed by atoms with E-state index in [1.807, 2.05) is 6.07 Å². The average molecular weight is 361 g/mol. The normalized spacial score (nSPS) is 35.6. The van der Waals surface area contributed by atoms with Crippen molar-refractivity contribution in [2.75, 3.05) is 19.6 Å². The zero-order chi connectivity index (χ0) is 17.0. The Labute approximate surface area is 153 Å². The standard InChI is InChI=1S/C20H25ClN2O2/c21-13-9-15-14-3-1-2-4-18(14)25-19(15)16(10-13)20(24)22-17-11-23-7-5-12(17)6-8-23/h9-10,12,14,17-18H,1-8,11H2,(H,22,24)/t14-,17+,18-/m0/s1. The van der Waals surface area contributed by atoms with E-state index in [-0.39, 0.29) is 18.1 Å². The van der Waals surface area contributed by atoms with Crippen molar-refractivity contribution < 1.29 is 9.53 Å². The first-order valence-electron chi connectivity index (χ1n) is 9.72. The van der Waals surface area contributed by atoms with E-state index < -0.39 is 0 Å². The molecule has 0 spiro atoms. The summed E-state index contributed by atoms with van der Waals surface area (Å²) >= 11 is 6.37. The molecule has 4 nitrogen and oxygen atoms in total. The third-order valence-corrected chi connectivity index (χ3v) is 6.89. The summed E-state index contributed by atoms with van der Waals surface area (Å²) in [6.07, 6.45) is 7.28. The van der Waals surface area contributed by atoms with Crippen LogP contribution in [0.2, 0.25) is 5.02 Å². The number of hydrogen-bond donors (Lipinski definition) is 1. The van der Waals surface area contributed by atoms with Crippen molar-refractivity contribution in [3.8, 4) is 5.75 Å². The molecule has 4 fully saturated rings. The lowest BCUT2D eigenvalue weighted by Crippen LogP contribution is -2.57. The minimum absolute atomic E-state index is 0.0175. The molecule has 134 valence electrons. The Balaban J connectivity index is 1.41. The molecule has 2 bridgehead atoms. The summed E-state index contributed by atoms with van der Waals surface area (Å²) in [5.41, 5.74) is 1.78. The average Bonchev–Trinajstić information content (AvgIpc) is 3.00. The van der Waals surface area contributed by atoms with E-state index in [0.717, 1.165) is 30.7 Å². The topological polar surface area (TPSA) is 41.6 Å². The molecule has 3 saturated heterocycles. The lowest BCUT2D eigenvalue weighted by atomic mass is 9.82. The Bertz CT molecular complexity index is 699. The van der Waals surface area contributed by atoms with Gasteiger partial charge < -0.3 is 15.0 Å². The van der Waals surface area contributed by atoms with Crippen LogP contribution in [0.15, 0.2) is 12.1 Å². The Morgan fingerprint density at radius 2 is 1.96 bits per heavy atom. The third kappa shape index (κ3) is 2.74. The maximum Gasteiger partial charge on any atom is 0.255 e. The van der Waals surface area contributed by atoms with Crippen LogP contribution >= 0.6 is 11.6 Å². The van der Waals surface area contributed by atoms with Crippen molar-refractivity contribution in [1.29, 1.82) is 0 Å². The smallest absolute Gasteiger partial charge is 0.255 e. The molecule has 1 amide bonds. The number of halogens is 1. The molecule has 4 aliphatic heterocycles. The summed E-state index contributed by atoms with van der Waals surface area (Å²) in [6, 6.07) is 4.06. The first-order valence-corrected chi connectivity index (χ1v) is 10.1. The van der Waals surface area contributed by atoms with Gasteiger partial charge in [0.25, 0.3) is 5.91 Å². The van der Waals surface area contributed by atoms with Gasteiger partial charge in [-0.05, 0) is 63.2 Å². The monoisotopic (exact) mass is 360 g/mol. The van der Waals surface area contributed by atoms with Crippen LogP contribution in [0.5, 0.6) is 5.75 Å². The third-order valence-electron chi connectivity index (χ3n) is 6.67. The Kier molecular flexibility index (Phi) is 3.94. The van der Waals surface area contributed by atoms with Gasteiger partial charge in [0.1, 0.15) is 11.9 Å². The van der Waals surface area contributed by atoms with Gasteiger partial charge in [0.2, 0.25) is 0 Å². The molecule has 25 heavy (non-hydrogen) atoms. The summed E-state index contributed by atoms with van der Waals surface area (Å²) < 4.78 is 6.24. The van der Waals surface area contributed by atoms with Crippen molar-refractivity contribution in [3.63, 3.8) is 0 Å². The van der Waals surface area contributed by atoms with E-state index in [0.29, 0.717) is 22.4 Å². The predicted molar refractivity (Wildman–Crippen MR) is 97.5 cm³/mol. The SMILES string of the molecule is O=C(N[C@@H]1CN2CCC1CC2)c1cc(Cl)cc2c1O[C@H]1CCCC[C@@H]21. The molecular formula is C20H25ClN2O2. The lowest BCUT2D eigenvalue weighted by Gasteiger charge is -2.44. The molecule has 1 aromatic carbocycles. The summed E-state index contributed by atoms with van der Waals surface area (Å²) in [7, 11) is 0. The predicted octanol–water partition coefficient (Wildman–Crippen LogP) is 3.58. The number of nitrogens with one attached hydrogen (secondary N) is 1. The lowest BCUT2D eigenvalue weighted by molar-refractivity contribution is 0.0617. The van der Waals surface area contributed by atoms with Crippen LogP contribution in [-0.2, 0) is 0 Å². The molecule has 5 heteroatoms. The van der Waals surface area contributed by atoms with Gasteiger partial charge in [0.15, 0.2) is 0 Å². The number of carbonyl (C=O) groups is 1. The molecule has 0 aromatic heterocycles. The highest BCUT2D eigenvalue weighted by Crippen LogP contribution is 2.48. The number of hydrogen-bond acceptors (Lipinski definition) is 3. The van der Waals surface area contributed by atoms with Crippen molar-refractivity contribution in [3.05, 3.63) is 28.3 Å². The van der Waals surface area contributed by atoms with Crippen LogP contribution < -0.4 is 10.1 Å². The maximum absolute atomic E-state index is 13.0. The van der Waals surface area contributed by atoms with E-state index in [1.165, 1.54) is 38.8 Å². The van der Waals surface area contributed by atoms with Crippen molar-refractivity contribution in [2.45, 2.75) is 56.6 Å². The molecule has 6 rings (SSSR count). The molecule has 5 aliphatic rings. The van der Waals surface area contributed by atoms with E-state index in [1.54, 1.807) is 6.07 Å². The Morgan fingerprint density at radius 3 is 2.72 bits per heavy atom. The van der Waals surface area contributed by atoms with Gasteiger partial charge in [0.05, 0.1) is 5.56 Å². The van der Waals surface area contributed by atoms with Gasteiger partial charge in [0, 0.05) is 29.1 Å². The zero-order valence-electron chi connectivity index (χ0n) is 14.5. The van der Waals surface area contributed by atoms with Crippen LogP contribution in [0, 0.1) is 5.92 Å². The molecule has 4 heterocycles. The Hall–Kier alpha value is -1.26. The molecule has 0 radical (unpaired) electrons. The highest BCUT2D eigenvalue weighted by Gasteiger charge is 2.40. The molecule has 1 aliphatic carbocycles. The first-order chi connectivity index (χ1) is 12.2. The van der Waals surface area contributed by atoms with E-state index in [4.69, 9.17) is 16.3 Å². The van der Waals surface area contributed by atoms with E-state index >= 15 is 0 Å². The summed E-state index contributed by atoms with van der Waals surface area (Å²) in [4.78, 5) is 15.5.